The first kappa shape index (κ1) is 22.3. The fraction of sp³-hybridized carbons (Fsp3) is 0.273. The summed E-state index contributed by atoms with van der Waals surface area (Å²) in [5.74, 6) is -0.461. The number of hydrogen-bond donors (Lipinski definition) is 2. The highest BCUT2D eigenvalue weighted by atomic mass is 35.5. The van der Waals surface area contributed by atoms with E-state index in [1.165, 1.54) is 21.6 Å². The van der Waals surface area contributed by atoms with E-state index in [9.17, 15) is 19.5 Å². The van der Waals surface area contributed by atoms with Crippen LogP contribution in [0, 0.1) is 0 Å². The lowest BCUT2D eigenvalue weighted by Gasteiger charge is -2.38. The molecule has 0 spiro atoms. The predicted octanol–water partition coefficient (Wildman–Crippen LogP) is 3.98. The van der Waals surface area contributed by atoms with Crippen LogP contribution in [-0.4, -0.2) is 37.1 Å². The molecule has 0 bridgehead atoms. The van der Waals surface area contributed by atoms with Crippen LogP contribution in [0.2, 0.25) is 5.02 Å². The van der Waals surface area contributed by atoms with E-state index in [1.54, 1.807) is 58.0 Å². The number of primary amides is 1. The molecule has 162 valence electrons. The third kappa shape index (κ3) is 4.11. The summed E-state index contributed by atoms with van der Waals surface area (Å²) < 4.78 is 1.28. The second-order valence-electron chi connectivity index (χ2n) is 8.16. The number of halogens is 1. The molecular formula is C22H23ClN4O4. The standard InChI is InChI=1S/C22H23ClN4O4/c1-12(27(21(30)31)22(2,3)4)19-25-16-10-6-9-15(23)17(16)20(29)26(19)14-8-5-7-13(11-14)18(24)28/h5-12H,1-4H3,(H2,24,28)(H,30,31). The molecule has 1 atom stereocenters. The summed E-state index contributed by atoms with van der Waals surface area (Å²) in [6.07, 6.45) is -1.15. The third-order valence-electron chi connectivity index (χ3n) is 4.95. The van der Waals surface area contributed by atoms with Crippen molar-refractivity contribution in [1.82, 2.24) is 14.5 Å². The average molecular weight is 443 g/mol. The van der Waals surface area contributed by atoms with Gasteiger partial charge in [-0.2, -0.15) is 0 Å². The topological polar surface area (TPSA) is 119 Å². The van der Waals surface area contributed by atoms with Crippen LogP contribution < -0.4 is 11.3 Å². The molecule has 0 fully saturated rings. The summed E-state index contributed by atoms with van der Waals surface area (Å²) >= 11 is 6.29. The molecule has 3 aromatic rings. The Bertz CT molecular complexity index is 1250. The van der Waals surface area contributed by atoms with Crippen LogP contribution in [0.5, 0.6) is 0 Å². The number of nitrogens with two attached hydrogens (primary N) is 1. The van der Waals surface area contributed by atoms with Crippen LogP contribution in [0.3, 0.4) is 0 Å². The maximum atomic E-state index is 13.6. The lowest BCUT2D eigenvalue weighted by atomic mass is 10.0. The number of carbonyl (C=O) groups excluding carboxylic acids is 1. The van der Waals surface area contributed by atoms with Gasteiger partial charge in [0, 0.05) is 11.1 Å². The van der Waals surface area contributed by atoms with Crippen molar-refractivity contribution in [2.75, 3.05) is 0 Å². The SMILES string of the molecule is CC(c1nc2cccc(Cl)c2c(=O)n1-c1cccc(C(N)=O)c1)N(C(=O)O)C(C)(C)C. The van der Waals surface area contributed by atoms with Crippen molar-refractivity contribution >= 4 is 34.5 Å². The summed E-state index contributed by atoms with van der Waals surface area (Å²) in [4.78, 5) is 43.2. The van der Waals surface area contributed by atoms with Crippen LogP contribution in [0.1, 0.15) is 49.9 Å². The van der Waals surface area contributed by atoms with Gasteiger partial charge in [0.25, 0.3) is 5.56 Å². The largest absolute Gasteiger partial charge is 0.465 e. The molecule has 0 aliphatic heterocycles. The van der Waals surface area contributed by atoms with E-state index in [-0.39, 0.29) is 21.8 Å². The lowest BCUT2D eigenvalue weighted by molar-refractivity contribution is 0.0719. The van der Waals surface area contributed by atoms with Crippen molar-refractivity contribution in [1.29, 1.82) is 0 Å². The van der Waals surface area contributed by atoms with Gasteiger partial charge in [-0.25, -0.2) is 9.78 Å². The number of hydrogen-bond acceptors (Lipinski definition) is 4. The summed E-state index contributed by atoms with van der Waals surface area (Å²) in [6.45, 7) is 6.93. The number of carboxylic acid groups (broad SMARTS) is 1. The molecule has 1 heterocycles. The first-order chi connectivity index (χ1) is 14.4. The molecule has 1 aromatic heterocycles. The van der Waals surface area contributed by atoms with E-state index in [0.717, 1.165) is 0 Å². The summed E-state index contributed by atoms with van der Waals surface area (Å²) in [5, 5.41) is 10.3. The van der Waals surface area contributed by atoms with E-state index in [0.29, 0.717) is 11.2 Å². The van der Waals surface area contributed by atoms with Gasteiger partial charge in [-0.1, -0.05) is 23.7 Å². The number of nitrogens with zero attached hydrogens (tertiary/aromatic N) is 3. The number of benzene rings is 2. The van der Waals surface area contributed by atoms with Gasteiger partial charge in [0.05, 0.1) is 27.7 Å². The Balaban J connectivity index is 2.42. The molecular weight excluding hydrogens is 420 g/mol. The number of carbonyl (C=O) groups is 2. The van der Waals surface area contributed by atoms with Crippen molar-refractivity contribution in [2.24, 2.45) is 5.73 Å². The van der Waals surface area contributed by atoms with Gasteiger partial charge in [-0.15, -0.1) is 0 Å². The van der Waals surface area contributed by atoms with Crippen LogP contribution in [0.25, 0.3) is 16.6 Å². The van der Waals surface area contributed by atoms with Crippen molar-refractivity contribution < 1.29 is 14.7 Å². The fourth-order valence-corrected chi connectivity index (χ4v) is 3.93. The van der Waals surface area contributed by atoms with Crippen molar-refractivity contribution in [2.45, 2.75) is 39.3 Å². The maximum Gasteiger partial charge on any atom is 0.408 e. The minimum atomic E-state index is -1.15. The normalized spacial score (nSPS) is 12.5. The molecule has 2 aromatic carbocycles. The molecule has 3 N–H and O–H groups in total. The Morgan fingerprint density at radius 2 is 1.84 bits per heavy atom. The van der Waals surface area contributed by atoms with Crippen molar-refractivity contribution in [3.8, 4) is 5.69 Å². The Kier molecular flexibility index (Phi) is 5.78. The van der Waals surface area contributed by atoms with Crippen molar-refractivity contribution in [3.05, 3.63) is 69.2 Å². The highest BCUT2D eigenvalue weighted by Crippen LogP contribution is 2.30. The zero-order valence-electron chi connectivity index (χ0n) is 17.6. The van der Waals surface area contributed by atoms with Gasteiger partial charge in [0.15, 0.2) is 0 Å². The van der Waals surface area contributed by atoms with Crippen molar-refractivity contribution in [3.63, 3.8) is 0 Å². The first-order valence-electron chi connectivity index (χ1n) is 9.57. The van der Waals surface area contributed by atoms with E-state index in [2.05, 4.69) is 4.98 Å². The minimum Gasteiger partial charge on any atom is -0.465 e. The Morgan fingerprint density at radius 3 is 2.42 bits per heavy atom. The molecule has 3 rings (SSSR count). The van der Waals surface area contributed by atoms with E-state index >= 15 is 0 Å². The van der Waals surface area contributed by atoms with Gasteiger partial charge in [-0.05, 0) is 58.0 Å². The molecule has 31 heavy (non-hydrogen) atoms. The van der Waals surface area contributed by atoms with Gasteiger partial charge in [0.2, 0.25) is 5.91 Å². The number of fused-ring (bicyclic) bond motifs is 1. The van der Waals surface area contributed by atoms with Gasteiger partial charge >= 0.3 is 6.09 Å². The maximum absolute atomic E-state index is 13.6. The second-order valence-corrected chi connectivity index (χ2v) is 8.57. The van der Waals surface area contributed by atoms with Gasteiger partial charge < -0.3 is 10.8 Å². The fourth-order valence-electron chi connectivity index (χ4n) is 3.68. The van der Waals surface area contributed by atoms with E-state index in [4.69, 9.17) is 17.3 Å². The molecule has 1 unspecified atom stereocenters. The van der Waals surface area contributed by atoms with Crippen LogP contribution in [-0.2, 0) is 0 Å². The highest BCUT2D eigenvalue weighted by molar-refractivity contribution is 6.35. The van der Waals surface area contributed by atoms with Crippen LogP contribution >= 0.6 is 11.6 Å². The van der Waals surface area contributed by atoms with Crippen LogP contribution in [0.4, 0.5) is 4.79 Å². The average Bonchev–Trinajstić information content (AvgIpc) is 2.66. The Labute approximate surface area is 183 Å². The van der Waals surface area contributed by atoms with Gasteiger partial charge in [0.1, 0.15) is 5.82 Å². The molecule has 8 nitrogen and oxygen atoms in total. The third-order valence-corrected chi connectivity index (χ3v) is 5.27. The Hall–Kier alpha value is -3.39. The highest BCUT2D eigenvalue weighted by Gasteiger charge is 2.34. The summed E-state index contributed by atoms with van der Waals surface area (Å²) in [7, 11) is 0. The van der Waals surface area contributed by atoms with E-state index < -0.39 is 29.1 Å². The molecule has 0 saturated heterocycles. The molecule has 9 heteroatoms. The summed E-state index contributed by atoms with van der Waals surface area (Å²) in [5.41, 5.74) is 5.04. The molecule has 0 aliphatic rings. The second kappa shape index (κ2) is 8.03. The first-order valence-corrected chi connectivity index (χ1v) is 9.95. The molecule has 0 aliphatic carbocycles. The molecule has 2 amide bonds. The zero-order chi connectivity index (χ0) is 23.1. The molecule has 0 radical (unpaired) electrons. The lowest BCUT2D eigenvalue weighted by Crippen LogP contribution is -2.47. The van der Waals surface area contributed by atoms with Gasteiger partial charge in [-0.3, -0.25) is 19.1 Å². The summed E-state index contributed by atoms with van der Waals surface area (Å²) in [6, 6.07) is 10.3. The predicted molar refractivity (Wildman–Crippen MR) is 119 cm³/mol. The smallest absolute Gasteiger partial charge is 0.408 e. The quantitative estimate of drug-likeness (QED) is 0.633. The number of aromatic nitrogens is 2. The molecule has 0 saturated carbocycles. The number of rotatable bonds is 4. The Morgan fingerprint density at radius 1 is 1.19 bits per heavy atom. The van der Waals surface area contributed by atoms with Crippen LogP contribution in [0.15, 0.2) is 47.3 Å². The monoisotopic (exact) mass is 442 g/mol. The van der Waals surface area contributed by atoms with E-state index in [1.807, 2.05) is 0 Å². The number of amides is 2. The minimum absolute atomic E-state index is 0.193. The zero-order valence-corrected chi connectivity index (χ0v) is 18.3.